The van der Waals surface area contributed by atoms with Gasteiger partial charge in [0.05, 0.1) is 12.4 Å². The Morgan fingerprint density at radius 1 is 1.00 bits per heavy atom. The molecule has 0 aromatic heterocycles. The Balaban J connectivity index is 2.76. The number of rotatable bonds is 2. The quantitative estimate of drug-likeness (QED) is 0.567. The Labute approximate surface area is 155 Å². The predicted octanol–water partition coefficient (Wildman–Crippen LogP) is 6.24. The van der Waals surface area contributed by atoms with E-state index in [1.165, 1.54) is 0 Å². The third-order valence-electron chi connectivity index (χ3n) is 4.90. The summed E-state index contributed by atoms with van der Waals surface area (Å²) < 4.78 is 26.8. The van der Waals surface area contributed by atoms with Gasteiger partial charge < -0.3 is 14.0 Å². The third kappa shape index (κ3) is 3.28. The molecule has 5 heteroatoms. The van der Waals surface area contributed by atoms with E-state index in [9.17, 15) is 4.57 Å². The van der Waals surface area contributed by atoms with Gasteiger partial charge in [0, 0.05) is 10.3 Å². The maximum Gasteiger partial charge on any atom is 0.174 e. The Bertz CT molecular complexity index is 672. The van der Waals surface area contributed by atoms with Crippen LogP contribution in [0.25, 0.3) is 0 Å². The van der Waals surface area contributed by atoms with Crippen molar-refractivity contribution in [1.29, 1.82) is 0 Å². The van der Waals surface area contributed by atoms with Gasteiger partial charge in [0.25, 0.3) is 0 Å². The fraction of sp³-hybridized carbons (Fsp3) is 0.700. The number of methoxy groups -OCH3 is 1. The van der Waals surface area contributed by atoms with E-state index >= 15 is 0 Å². The van der Waals surface area contributed by atoms with Gasteiger partial charge in [-0.1, -0.05) is 68.4 Å². The maximum absolute atomic E-state index is 14.6. The highest BCUT2D eigenvalue weighted by Crippen LogP contribution is 2.80. The minimum Gasteiger partial charge on any atom is -0.496 e. The molecule has 1 aromatic rings. The van der Waals surface area contributed by atoms with Crippen LogP contribution < -0.4 is 14.8 Å². The summed E-state index contributed by atoms with van der Waals surface area (Å²) in [5.74, 6) is 1.70. The molecule has 0 aliphatic carbocycles. The first-order chi connectivity index (χ1) is 11.2. The van der Waals surface area contributed by atoms with E-state index in [4.69, 9.17) is 9.47 Å². The zero-order chi connectivity index (χ0) is 19.4. The molecule has 3 nitrogen and oxygen atoms in total. The Morgan fingerprint density at radius 2 is 1.52 bits per heavy atom. The molecule has 0 radical (unpaired) electrons. The van der Waals surface area contributed by atoms with Crippen molar-refractivity contribution in [3.63, 3.8) is 0 Å². The lowest BCUT2D eigenvalue weighted by atomic mass is 10.2. The minimum absolute atomic E-state index is 0.0357. The molecule has 1 aromatic carbocycles. The van der Waals surface area contributed by atoms with Gasteiger partial charge in [-0.2, -0.15) is 0 Å². The second kappa shape index (κ2) is 6.28. The van der Waals surface area contributed by atoms with E-state index in [1.807, 2.05) is 18.2 Å². The molecule has 0 saturated carbocycles. The molecular formula is C20H34O3P2. The minimum atomic E-state index is -2.75. The molecule has 25 heavy (non-hydrogen) atoms. The van der Waals surface area contributed by atoms with Gasteiger partial charge in [-0.05, 0) is 25.2 Å². The number of benzene rings is 1. The first-order valence-corrected chi connectivity index (χ1v) is 12.1. The van der Waals surface area contributed by atoms with Crippen LogP contribution >= 0.6 is 15.1 Å². The molecule has 0 spiro atoms. The standard InChI is InChI=1S/C20H34O3P2/c1-18(2,3)24-16-14(22-10)12-11-13-15(16)23-17(24)25(21,19(4,5)6)20(7,8)9/h11-13,17H,1-10H3. The molecular weight excluding hydrogens is 350 g/mol. The average molecular weight is 384 g/mol. The highest BCUT2D eigenvalue weighted by Gasteiger charge is 2.60. The molecule has 0 N–H and O–H groups in total. The molecule has 0 amide bonds. The summed E-state index contributed by atoms with van der Waals surface area (Å²) in [5.41, 5.74) is -0.284. The highest BCUT2D eigenvalue weighted by atomic mass is 31.2. The van der Waals surface area contributed by atoms with Gasteiger partial charge in [0.2, 0.25) is 0 Å². The van der Waals surface area contributed by atoms with Gasteiger partial charge in [-0.3, -0.25) is 0 Å². The van der Waals surface area contributed by atoms with Gasteiger partial charge in [-0.15, -0.1) is 0 Å². The van der Waals surface area contributed by atoms with Crippen molar-refractivity contribution in [3.05, 3.63) is 18.2 Å². The van der Waals surface area contributed by atoms with Gasteiger partial charge in [0.1, 0.15) is 18.6 Å². The summed E-state index contributed by atoms with van der Waals surface area (Å²) in [4.78, 5) is 0. The molecule has 1 aliphatic rings. The summed E-state index contributed by atoms with van der Waals surface area (Å²) in [6.45, 7) is 19.3. The smallest absolute Gasteiger partial charge is 0.174 e. The molecule has 0 fully saturated rings. The van der Waals surface area contributed by atoms with Crippen molar-refractivity contribution in [2.75, 3.05) is 7.11 Å². The monoisotopic (exact) mass is 384 g/mol. The predicted molar refractivity (Wildman–Crippen MR) is 111 cm³/mol. The van der Waals surface area contributed by atoms with Crippen molar-refractivity contribution in [2.24, 2.45) is 0 Å². The summed E-state index contributed by atoms with van der Waals surface area (Å²) in [6.07, 6.45) is 0. The lowest BCUT2D eigenvalue weighted by molar-refractivity contribution is 0.340. The SMILES string of the molecule is COc1cccc2c1P(C(C)(C)C)C(P(=O)(C(C)(C)C)C(C)(C)C)O2. The summed E-state index contributed by atoms with van der Waals surface area (Å²) >= 11 is 0. The van der Waals surface area contributed by atoms with Gasteiger partial charge in [-0.25, -0.2) is 0 Å². The Hall–Kier alpha value is -0.520. The zero-order valence-electron chi connectivity index (χ0n) is 17.4. The fourth-order valence-corrected chi connectivity index (χ4v) is 14.8. The van der Waals surface area contributed by atoms with Crippen LogP contribution in [0.2, 0.25) is 0 Å². The normalized spacial score (nSPS) is 21.7. The molecule has 2 unspecified atom stereocenters. The largest absolute Gasteiger partial charge is 0.496 e. The summed E-state index contributed by atoms with van der Waals surface area (Å²) in [6, 6.07) is 5.94. The lowest BCUT2D eigenvalue weighted by Crippen LogP contribution is -2.38. The van der Waals surface area contributed by atoms with Crippen LogP contribution in [0.3, 0.4) is 0 Å². The second-order valence-electron chi connectivity index (χ2n) is 9.79. The summed E-state index contributed by atoms with van der Waals surface area (Å²) in [5, 5.41) is 0.423. The van der Waals surface area contributed by atoms with Crippen molar-refractivity contribution in [2.45, 2.75) is 83.4 Å². The molecule has 1 aliphatic heterocycles. The third-order valence-corrected chi connectivity index (χ3v) is 14.2. The van der Waals surface area contributed by atoms with E-state index in [1.54, 1.807) is 7.11 Å². The van der Waals surface area contributed by atoms with E-state index in [-0.39, 0.29) is 21.1 Å². The lowest BCUT2D eigenvalue weighted by Gasteiger charge is -2.47. The topological polar surface area (TPSA) is 35.5 Å². The van der Waals surface area contributed by atoms with Crippen LogP contribution in [0.1, 0.15) is 62.3 Å². The van der Waals surface area contributed by atoms with Crippen molar-refractivity contribution >= 4 is 20.4 Å². The first-order valence-electron chi connectivity index (χ1n) is 8.89. The molecule has 1 heterocycles. The second-order valence-corrected chi connectivity index (χ2v) is 17.7. The van der Waals surface area contributed by atoms with E-state index < -0.39 is 15.1 Å². The number of fused-ring (bicyclic) bond motifs is 1. The van der Waals surface area contributed by atoms with Gasteiger partial charge >= 0.3 is 0 Å². The van der Waals surface area contributed by atoms with E-state index in [0.29, 0.717) is 0 Å². The van der Waals surface area contributed by atoms with Crippen molar-refractivity contribution in [3.8, 4) is 11.5 Å². The Kier molecular flexibility index (Phi) is 5.22. The molecule has 2 atom stereocenters. The highest BCUT2D eigenvalue weighted by molar-refractivity contribution is 7.84. The molecule has 0 bridgehead atoms. The van der Waals surface area contributed by atoms with Crippen LogP contribution in [0, 0.1) is 0 Å². The van der Waals surface area contributed by atoms with Crippen LogP contribution in [-0.2, 0) is 4.57 Å². The first kappa shape index (κ1) is 20.8. The zero-order valence-corrected chi connectivity index (χ0v) is 19.2. The maximum atomic E-state index is 14.6. The summed E-state index contributed by atoms with van der Waals surface area (Å²) in [7, 11) is -1.87. The van der Waals surface area contributed by atoms with Crippen LogP contribution in [0.4, 0.5) is 0 Å². The molecule has 0 saturated heterocycles. The van der Waals surface area contributed by atoms with Gasteiger partial charge in [0.15, 0.2) is 5.59 Å². The number of hydrogen-bond donors (Lipinski definition) is 0. The molecule has 2 rings (SSSR count). The van der Waals surface area contributed by atoms with Crippen molar-refractivity contribution < 1.29 is 14.0 Å². The number of hydrogen-bond acceptors (Lipinski definition) is 3. The van der Waals surface area contributed by atoms with E-state index in [0.717, 1.165) is 16.8 Å². The van der Waals surface area contributed by atoms with Crippen LogP contribution in [0.15, 0.2) is 18.2 Å². The Morgan fingerprint density at radius 3 is 1.92 bits per heavy atom. The van der Waals surface area contributed by atoms with Crippen molar-refractivity contribution in [1.82, 2.24) is 0 Å². The molecule has 142 valence electrons. The average Bonchev–Trinajstić information content (AvgIpc) is 2.83. The fourth-order valence-electron chi connectivity index (χ4n) is 3.85. The van der Waals surface area contributed by atoms with Crippen LogP contribution in [-0.4, -0.2) is 28.2 Å². The van der Waals surface area contributed by atoms with E-state index in [2.05, 4.69) is 62.3 Å². The number of ether oxygens (including phenoxy) is 2. The van der Waals surface area contributed by atoms with Crippen LogP contribution in [0.5, 0.6) is 11.5 Å².